The van der Waals surface area contributed by atoms with E-state index in [1.54, 1.807) is 41.7 Å². The minimum Gasteiger partial charge on any atom is -0.376 e. The molecule has 0 amide bonds. The van der Waals surface area contributed by atoms with Crippen LogP contribution in [0.2, 0.25) is 0 Å². The molecule has 35 heavy (non-hydrogen) atoms. The Morgan fingerprint density at radius 2 is 1.57 bits per heavy atom. The lowest BCUT2D eigenvalue weighted by atomic mass is 9.95. The van der Waals surface area contributed by atoms with Crippen LogP contribution in [-0.2, 0) is 16.4 Å². The van der Waals surface area contributed by atoms with Crippen molar-refractivity contribution in [3.05, 3.63) is 77.4 Å². The average Bonchev–Trinajstić information content (AvgIpc) is 3.33. The fraction of sp³-hybridized carbons (Fsp3) is 0.333. The van der Waals surface area contributed by atoms with Gasteiger partial charge in [-0.15, -0.1) is 11.3 Å². The van der Waals surface area contributed by atoms with Gasteiger partial charge in [0.2, 0.25) is 0 Å². The van der Waals surface area contributed by atoms with Gasteiger partial charge in [-0.1, -0.05) is 18.2 Å². The van der Waals surface area contributed by atoms with E-state index in [1.807, 2.05) is 6.07 Å². The molecule has 3 aromatic rings. The maximum absolute atomic E-state index is 12.9. The second-order valence-corrected chi connectivity index (χ2v) is 11.7. The van der Waals surface area contributed by atoms with E-state index in [0.29, 0.717) is 4.90 Å². The number of nitrogens with zero attached hydrogens (tertiary/aromatic N) is 2. The minimum atomic E-state index is -4.70. The summed E-state index contributed by atoms with van der Waals surface area (Å²) in [5.41, 5.74) is -2.10. The molecule has 0 spiro atoms. The third-order valence-corrected chi connectivity index (χ3v) is 8.49. The van der Waals surface area contributed by atoms with Gasteiger partial charge in [0, 0.05) is 53.8 Å². The molecule has 2 unspecified atom stereocenters. The Hall–Kier alpha value is -1.92. The van der Waals surface area contributed by atoms with E-state index in [2.05, 4.69) is 20.7 Å². The lowest BCUT2D eigenvalue weighted by Gasteiger charge is -2.35. The highest BCUT2D eigenvalue weighted by atomic mass is 32.2. The molecule has 1 aromatic heterocycles. The van der Waals surface area contributed by atoms with Crippen LogP contribution in [0.25, 0.3) is 0 Å². The number of benzene rings is 2. The lowest BCUT2D eigenvalue weighted by molar-refractivity contribution is -0.258. The topological polar surface area (TPSA) is 43.8 Å². The number of aliphatic hydroxyl groups is 1. The van der Waals surface area contributed by atoms with Crippen molar-refractivity contribution in [3.63, 3.8) is 0 Å². The van der Waals surface area contributed by atoms with Gasteiger partial charge in [-0.3, -0.25) is 4.21 Å². The maximum atomic E-state index is 12.9. The molecule has 2 heterocycles. The smallest absolute Gasteiger partial charge is 0.376 e. The van der Waals surface area contributed by atoms with Crippen LogP contribution in [0.3, 0.4) is 0 Å². The van der Waals surface area contributed by atoms with Crippen LogP contribution in [0.5, 0.6) is 0 Å². The van der Waals surface area contributed by atoms with Crippen LogP contribution in [0, 0.1) is 5.82 Å². The molecule has 0 aliphatic carbocycles. The third-order valence-electron chi connectivity index (χ3n) is 5.44. The monoisotopic (exact) mass is 546 g/mol. The number of hydrogen-bond donors (Lipinski definition) is 1. The van der Waals surface area contributed by atoms with E-state index >= 15 is 0 Å². The highest BCUT2D eigenvalue weighted by Crippen LogP contribution is 2.39. The third kappa shape index (κ3) is 7.53. The van der Waals surface area contributed by atoms with Crippen LogP contribution >= 0.6 is 23.3 Å². The normalized spacial score (nSPS) is 17.3. The Morgan fingerprint density at radius 1 is 0.971 bits per heavy atom. The van der Waals surface area contributed by atoms with Crippen LogP contribution in [0.4, 0.5) is 23.2 Å². The van der Waals surface area contributed by atoms with Gasteiger partial charge in [-0.2, -0.15) is 13.2 Å². The second kappa shape index (κ2) is 11.9. The SMILES string of the molecule is CC(O)(c1ccc(N2CCN(Sc3cccs3)CC2)cc1)C(F)(F)F.CS(=O)c1ccc(F)cc1. The first kappa shape index (κ1) is 27.7. The molecule has 2 atom stereocenters. The Balaban J connectivity index is 0.000000287. The summed E-state index contributed by atoms with van der Waals surface area (Å²) < 4.78 is 65.3. The summed E-state index contributed by atoms with van der Waals surface area (Å²) in [6, 6.07) is 15.8. The quantitative estimate of drug-likeness (QED) is 0.318. The number of rotatable bonds is 5. The molecule has 1 aliphatic rings. The summed E-state index contributed by atoms with van der Waals surface area (Å²) in [6.07, 6.45) is -3.13. The fourth-order valence-electron chi connectivity index (χ4n) is 3.27. The first-order chi connectivity index (χ1) is 16.5. The van der Waals surface area contributed by atoms with Gasteiger partial charge in [0.25, 0.3) is 0 Å². The second-order valence-electron chi connectivity index (χ2n) is 7.96. The molecule has 4 nitrogen and oxygen atoms in total. The van der Waals surface area contributed by atoms with Gasteiger partial charge in [-0.05, 0) is 72.3 Å². The summed E-state index contributed by atoms with van der Waals surface area (Å²) in [5, 5.41) is 11.8. The maximum Gasteiger partial charge on any atom is 0.421 e. The molecule has 11 heteroatoms. The van der Waals surface area contributed by atoms with Crippen LogP contribution in [-0.4, -0.2) is 52.2 Å². The van der Waals surface area contributed by atoms with Crippen molar-refractivity contribution >= 4 is 39.8 Å². The fourth-order valence-corrected chi connectivity index (χ4v) is 5.63. The summed E-state index contributed by atoms with van der Waals surface area (Å²) in [5.74, 6) is -0.297. The summed E-state index contributed by atoms with van der Waals surface area (Å²) in [4.78, 5) is 2.80. The first-order valence-corrected chi connectivity index (χ1v) is 13.9. The standard InChI is InChI=1S/C17H19F3N2OS2.C7H7FOS/c1-16(23,17(18,19)20)13-4-6-14(7-5-13)21-8-10-22(11-9-21)25-15-3-2-12-24-15;1-10(9)7-4-2-6(8)3-5-7/h2-7,12,23H,8-11H2,1H3;2-5H,1H3. The zero-order valence-corrected chi connectivity index (χ0v) is 21.6. The van der Waals surface area contributed by atoms with Gasteiger partial charge < -0.3 is 10.0 Å². The predicted molar refractivity (Wildman–Crippen MR) is 135 cm³/mol. The minimum absolute atomic E-state index is 0.143. The lowest BCUT2D eigenvalue weighted by Crippen LogP contribution is -2.43. The Morgan fingerprint density at radius 3 is 2.06 bits per heavy atom. The Kier molecular flexibility index (Phi) is 9.39. The van der Waals surface area contributed by atoms with Gasteiger partial charge in [0.1, 0.15) is 5.82 Å². The van der Waals surface area contributed by atoms with E-state index in [0.717, 1.165) is 38.8 Å². The van der Waals surface area contributed by atoms with Crippen molar-refractivity contribution in [2.24, 2.45) is 0 Å². The van der Waals surface area contributed by atoms with Crippen molar-refractivity contribution < 1.29 is 26.9 Å². The average molecular weight is 547 g/mol. The molecule has 1 aliphatic heterocycles. The number of thiophene rings is 1. The van der Waals surface area contributed by atoms with E-state index in [9.17, 15) is 26.9 Å². The van der Waals surface area contributed by atoms with Gasteiger partial charge in [0.15, 0.2) is 5.60 Å². The molecule has 0 radical (unpaired) electrons. The van der Waals surface area contributed by atoms with Crippen LogP contribution < -0.4 is 4.90 Å². The number of hydrogen-bond acceptors (Lipinski definition) is 6. The van der Waals surface area contributed by atoms with Crippen molar-refractivity contribution in [2.45, 2.75) is 27.8 Å². The van der Waals surface area contributed by atoms with E-state index in [-0.39, 0.29) is 11.4 Å². The van der Waals surface area contributed by atoms with E-state index in [1.165, 1.54) is 40.6 Å². The molecular weight excluding hydrogens is 520 g/mol. The number of halogens is 4. The predicted octanol–water partition coefficient (Wildman–Crippen LogP) is 5.91. The van der Waals surface area contributed by atoms with E-state index < -0.39 is 22.6 Å². The van der Waals surface area contributed by atoms with Crippen molar-refractivity contribution in [3.8, 4) is 0 Å². The highest BCUT2D eigenvalue weighted by Gasteiger charge is 2.51. The zero-order chi connectivity index (χ0) is 25.6. The molecule has 2 aromatic carbocycles. The van der Waals surface area contributed by atoms with Crippen LogP contribution in [0.1, 0.15) is 12.5 Å². The zero-order valence-electron chi connectivity index (χ0n) is 19.2. The highest BCUT2D eigenvalue weighted by molar-refractivity contribution is 7.98. The molecule has 1 fully saturated rings. The number of alkyl halides is 3. The largest absolute Gasteiger partial charge is 0.421 e. The Bertz CT molecular complexity index is 1080. The van der Waals surface area contributed by atoms with Crippen molar-refractivity contribution in [1.29, 1.82) is 0 Å². The number of piperazine rings is 1. The van der Waals surface area contributed by atoms with Gasteiger partial charge >= 0.3 is 6.18 Å². The van der Waals surface area contributed by atoms with Crippen LogP contribution in [0.15, 0.2) is 75.1 Å². The van der Waals surface area contributed by atoms with Gasteiger partial charge in [0.05, 0.1) is 4.21 Å². The molecular formula is C24H26F4N2O2S3. The first-order valence-electron chi connectivity index (χ1n) is 10.7. The van der Waals surface area contributed by atoms with Gasteiger partial charge in [-0.25, -0.2) is 8.70 Å². The van der Waals surface area contributed by atoms with E-state index in [4.69, 9.17) is 0 Å². The van der Waals surface area contributed by atoms with Crippen molar-refractivity contribution in [1.82, 2.24) is 4.31 Å². The molecule has 190 valence electrons. The molecule has 0 bridgehead atoms. The molecule has 0 saturated carbocycles. The molecule has 1 saturated heterocycles. The summed E-state index contributed by atoms with van der Waals surface area (Å²) >= 11 is 3.46. The Labute approximate surface area is 213 Å². The molecule has 1 N–H and O–H groups in total. The van der Waals surface area contributed by atoms with Crippen molar-refractivity contribution in [2.75, 3.05) is 37.3 Å². The number of anilines is 1. The summed E-state index contributed by atoms with van der Waals surface area (Å²) in [6.45, 7) is 4.17. The molecule has 4 rings (SSSR count). The summed E-state index contributed by atoms with van der Waals surface area (Å²) in [7, 11) is -1.00.